The molecule has 22 heavy (non-hydrogen) atoms. The Kier molecular flexibility index (Phi) is 4.77. The minimum atomic E-state index is -0.463. The van der Waals surface area contributed by atoms with Crippen LogP contribution in [0.5, 0.6) is 0 Å². The van der Waals surface area contributed by atoms with Crippen molar-refractivity contribution < 1.29 is 9.72 Å². The molecule has 0 spiro atoms. The number of allylic oxidation sites excluding steroid dienone is 1. The van der Waals surface area contributed by atoms with Gasteiger partial charge in [0.15, 0.2) is 5.78 Å². The first-order valence-corrected chi connectivity index (χ1v) is 6.81. The zero-order valence-corrected chi connectivity index (χ0v) is 12.3. The predicted octanol–water partition coefficient (Wildman–Crippen LogP) is 2.80. The number of rotatable bonds is 6. The number of aromatic nitrogens is 3. The third-order valence-corrected chi connectivity index (χ3v) is 2.95. The van der Waals surface area contributed by atoms with Crippen LogP contribution in [-0.2, 0) is 4.79 Å². The van der Waals surface area contributed by atoms with E-state index in [0.29, 0.717) is 17.7 Å². The molecular weight excluding hydrogens is 284 g/mol. The Morgan fingerprint density at radius 1 is 1.36 bits per heavy atom. The molecule has 1 heterocycles. The Balaban J connectivity index is 2.36. The lowest BCUT2D eigenvalue weighted by Gasteiger charge is -2.08. The Labute approximate surface area is 127 Å². The monoisotopic (exact) mass is 300 g/mol. The molecule has 2 aromatic rings. The van der Waals surface area contributed by atoms with Crippen molar-refractivity contribution in [3.63, 3.8) is 0 Å². The summed E-state index contributed by atoms with van der Waals surface area (Å²) in [6, 6.07) is 5.99. The number of hydrogen-bond acceptors (Lipinski definition) is 5. The van der Waals surface area contributed by atoms with Crippen LogP contribution in [0.25, 0.3) is 11.8 Å². The number of hydrogen-bond donors (Lipinski definition) is 0. The molecule has 0 saturated carbocycles. The molecule has 0 aliphatic carbocycles. The Morgan fingerprint density at radius 3 is 2.55 bits per heavy atom. The zero-order chi connectivity index (χ0) is 16.1. The topological polar surface area (TPSA) is 90.9 Å². The highest BCUT2D eigenvalue weighted by Gasteiger charge is 2.14. The van der Waals surface area contributed by atoms with Gasteiger partial charge in [-0.05, 0) is 29.7 Å². The lowest BCUT2D eigenvalue weighted by atomic mass is 10.0. The molecule has 1 aromatic carbocycles. The van der Waals surface area contributed by atoms with Gasteiger partial charge in [0.05, 0.1) is 4.92 Å². The molecule has 0 fully saturated rings. The van der Waals surface area contributed by atoms with Gasteiger partial charge in [0.2, 0.25) is 0 Å². The highest BCUT2D eigenvalue weighted by Crippen LogP contribution is 2.18. The van der Waals surface area contributed by atoms with E-state index in [0.717, 1.165) is 0 Å². The van der Waals surface area contributed by atoms with E-state index in [2.05, 4.69) is 10.1 Å². The molecule has 0 bridgehead atoms. The van der Waals surface area contributed by atoms with Gasteiger partial charge < -0.3 is 0 Å². The van der Waals surface area contributed by atoms with E-state index >= 15 is 0 Å². The maximum absolute atomic E-state index is 12.4. The van der Waals surface area contributed by atoms with E-state index in [9.17, 15) is 14.9 Å². The summed E-state index contributed by atoms with van der Waals surface area (Å²) in [5.74, 6) is 0.162. The molecule has 0 atom stereocenters. The number of Topliss-reactive ketones (excluding diaryl/α,β-unsaturated/α-hetero) is 1. The molecule has 2 rings (SSSR count). The minimum absolute atomic E-state index is 0.00737. The average Bonchev–Trinajstić information content (AvgIpc) is 2.98. The van der Waals surface area contributed by atoms with Crippen LogP contribution < -0.4 is 0 Å². The summed E-state index contributed by atoms with van der Waals surface area (Å²) in [5, 5.41) is 14.7. The number of ketones is 1. The first kappa shape index (κ1) is 15.6. The van der Waals surface area contributed by atoms with Crippen LogP contribution in [0.15, 0.2) is 36.9 Å². The number of nitrogens with zero attached hydrogens (tertiary/aromatic N) is 4. The minimum Gasteiger partial charge on any atom is -0.292 e. The van der Waals surface area contributed by atoms with Crippen molar-refractivity contribution in [2.45, 2.75) is 20.3 Å². The molecule has 1 aromatic heterocycles. The van der Waals surface area contributed by atoms with Gasteiger partial charge in [-0.15, -0.1) is 0 Å². The number of nitro groups is 1. The van der Waals surface area contributed by atoms with E-state index < -0.39 is 4.92 Å². The third-order valence-electron chi connectivity index (χ3n) is 2.95. The van der Waals surface area contributed by atoms with Gasteiger partial charge in [-0.3, -0.25) is 14.9 Å². The number of nitro benzene ring substituents is 1. The van der Waals surface area contributed by atoms with E-state index in [1.807, 2.05) is 13.8 Å². The summed E-state index contributed by atoms with van der Waals surface area (Å²) in [6.45, 7) is 3.92. The van der Waals surface area contributed by atoms with Crippen molar-refractivity contribution in [2.75, 3.05) is 0 Å². The summed E-state index contributed by atoms with van der Waals surface area (Å²) in [7, 11) is 0. The maximum Gasteiger partial charge on any atom is 0.269 e. The van der Waals surface area contributed by atoms with E-state index in [1.165, 1.54) is 29.5 Å². The molecule has 114 valence electrons. The van der Waals surface area contributed by atoms with Gasteiger partial charge in [0, 0.05) is 18.6 Å². The van der Waals surface area contributed by atoms with Crippen LogP contribution in [0, 0.1) is 16.0 Å². The van der Waals surface area contributed by atoms with Crippen molar-refractivity contribution in [3.05, 3.63) is 52.6 Å². The second-order valence-corrected chi connectivity index (χ2v) is 5.24. The van der Waals surface area contributed by atoms with Gasteiger partial charge in [0.1, 0.15) is 18.4 Å². The average molecular weight is 300 g/mol. The normalized spacial score (nSPS) is 11.7. The summed E-state index contributed by atoms with van der Waals surface area (Å²) < 4.78 is 1.41. The lowest BCUT2D eigenvalue weighted by Crippen LogP contribution is -2.11. The molecule has 0 aliphatic rings. The van der Waals surface area contributed by atoms with Gasteiger partial charge >= 0.3 is 0 Å². The molecule has 7 heteroatoms. The molecule has 0 unspecified atom stereocenters. The quantitative estimate of drug-likeness (QED) is 0.465. The van der Waals surface area contributed by atoms with Crippen LogP contribution in [0.1, 0.15) is 25.8 Å². The fourth-order valence-corrected chi connectivity index (χ4v) is 1.93. The van der Waals surface area contributed by atoms with Gasteiger partial charge in [-0.2, -0.15) is 5.10 Å². The number of carbonyl (C=O) groups excluding carboxylic acids is 1. The third kappa shape index (κ3) is 3.85. The van der Waals surface area contributed by atoms with Crippen molar-refractivity contribution in [1.29, 1.82) is 0 Å². The van der Waals surface area contributed by atoms with Crippen LogP contribution in [0.2, 0.25) is 0 Å². The molecule has 0 N–H and O–H groups in total. The van der Waals surface area contributed by atoms with Crippen molar-refractivity contribution >= 4 is 23.2 Å². The predicted molar refractivity (Wildman–Crippen MR) is 81.7 cm³/mol. The second kappa shape index (κ2) is 6.75. The fraction of sp³-hybridized carbons (Fsp3) is 0.267. The lowest BCUT2D eigenvalue weighted by molar-refractivity contribution is -0.384. The summed E-state index contributed by atoms with van der Waals surface area (Å²) in [5.41, 5.74) is 1.08. The molecule has 0 saturated heterocycles. The summed E-state index contributed by atoms with van der Waals surface area (Å²) >= 11 is 0. The summed E-state index contributed by atoms with van der Waals surface area (Å²) in [4.78, 5) is 26.4. The fourth-order valence-electron chi connectivity index (χ4n) is 1.93. The van der Waals surface area contributed by atoms with E-state index in [4.69, 9.17) is 0 Å². The van der Waals surface area contributed by atoms with Gasteiger partial charge in [-0.25, -0.2) is 9.67 Å². The largest absolute Gasteiger partial charge is 0.292 e. The molecule has 0 radical (unpaired) electrons. The van der Waals surface area contributed by atoms with E-state index in [-0.39, 0.29) is 17.4 Å². The Bertz CT molecular complexity index is 688. The second-order valence-electron chi connectivity index (χ2n) is 5.24. The zero-order valence-electron chi connectivity index (χ0n) is 12.3. The van der Waals surface area contributed by atoms with Crippen LogP contribution in [-0.4, -0.2) is 25.5 Å². The van der Waals surface area contributed by atoms with E-state index in [1.54, 1.807) is 18.2 Å². The highest BCUT2D eigenvalue weighted by molar-refractivity contribution is 6.19. The number of non-ortho nitro benzene ring substituents is 1. The maximum atomic E-state index is 12.4. The smallest absolute Gasteiger partial charge is 0.269 e. The van der Waals surface area contributed by atoms with Gasteiger partial charge in [-0.1, -0.05) is 13.8 Å². The number of carbonyl (C=O) groups is 1. The van der Waals surface area contributed by atoms with Crippen LogP contribution >= 0.6 is 0 Å². The van der Waals surface area contributed by atoms with Crippen LogP contribution in [0.3, 0.4) is 0 Å². The number of benzene rings is 1. The van der Waals surface area contributed by atoms with Gasteiger partial charge in [0.25, 0.3) is 5.69 Å². The summed E-state index contributed by atoms with van der Waals surface area (Å²) in [6.07, 6.45) is 4.85. The SMILES string of the molecule is CC(C)CC(=O)/C(=C/c1ccc([N+](=O)[O-])cc1)n1cncn1. The van der Waals surface area contributed by atoms with Crippen molar-refractivity contribution in [2.24, 2.45) is 5.92 Å². The molecule has 7 nitrogen and oxygen atoms in total. The van der Waals surface area contributed by atoms with Crippen molar-refractivity contribution in [1.82, 2.24) is 14.8 Å². The first-order valence-electron chi connectivity index (χ1n) is 6.81. The standard InChI is InChI=1S/C15H16N4O3/c1-11(2)7-15(20)14(18-10-16-9-17-18)8-12-3-5-13(6-4-12)19(21)22/h3-6,8-11H,7H2,1-2H3/b14-8-. The van der Waals surface area contributed by atoms with Crippen LogP contribution in [0.4, 0.5) is 5.69 Å². The molecule has 0 amide bonds. The molecule has 0 aliphatic heterocycles. The Morgan fingerprint density at radius 2 is 2.05 bits per heavy atom. The highest BCUT2D eigenvalue weighted by atomic mass is 16.6. The Hall–Kier alpha value is -2.83. The van der Waals surface area contributed by atoms with Crippen molar-refractivity contribution in [3.8, 4) is 0 Å². The first-order chi connectivity index (χ1) is 10.5. The molecular formula is C15H16N4O3.